The maximum absolute atomic E-state index is 12.6. The Bertz CT molecular complexity index is 550. The first-order valence-electron chi connectivity index (χ1n) is 8.22. The van der Waals surface area contributed by atoms with Gasteiger partial charge in [-0.2, -0.15) is 0 Å². The van der Waals surface area contributed by atoms with Crippen LogP contribution in [0.1, 0.15) is 39.0 Å². The monoisotopic (exact) mass is 342 g/mol. The van der Waals surface area contributed by atoms with Crippen LogP contribution in [0.4, 0.5) is 0 Å². The van der Waals surface area contributed by atoms with Gasteiger partial charge in [0.25, 0.3) is 0 Å². The Morgan fingerprint density at radius 1 is 1.30 bits per heavy atom. The fourth-order valence-corrected chi connectivity index (χ4v) is 4.66. The zero-order valence-corrected chi connectivity index (χ0v) is 14.4. The first kappa shape index (κ1) is 18.4. The van der Waals surface area contributed by atoms with Crippen molar-refractivity contribution in [3.8, 4) is 0 Å². The fourth-order valence-electron chi connectivity index (χ4n) is 2.78. The van der Waals surface area contributed by atoms with Crippen molar-refractivity contribution < 1.29 is 23.0 Å². The van der Waals surface area contributed by atoms with Crippen molar-refractivity contribution >= 4 is 9.84 Å². The third-order valence-electron chi connectivity index (χ3n) is 4.08. The predicted molar refractivity (Wildman–Crippen MR) is 87.9 cm³/mol. The molecule has 23 heavy (non-hydrogen) atoms. The highest BCUT2D eigenvalue weighted by atomic mass is 32.2. The topological polar surface area (TPSA) is 72.8 Å². The standard InChI is InChI=1S/C17H26O5S/c1-14(18)16(23(19,20)15-8-3-2-4-9-15)10-7-13-22-17-11-5-6-12-21-17/h2-4,8-9,14,16-18H,5-7,10-13H2,1H3. The van der Waals surface area contributed by atoms with Gasteiger partial charge in [0.2, 0.25) is 0 Å². The molecule has 1 aromatic carbocycles. The number of hydrogen-bond acceptors (Lipinski definition) is 5. The summed E-state index contributed by atoms with van der Waals surface area (Å²) in [6.07, 6.45) is 2.90. The molecule has 1 N–H and O–H groups in total. The molecule has 5 nitrogen and oxygen atoms in total. The molecule has 0 aliphatic carbocycles. The molecule has 3 atom stereocenters. The van der Waals surface area contributed by atoms with Crippen LogP contribution in [0.2, 0.25) is 0 Å². The Hall–Kier alpha value is -0.950. The summed E-state index contributed by atoms with van der Waals surface area (Å²) in [5, 5.41) is 9.09. The van der Waals surface area contributed by atoms with Gasteiger partial charge in [0.1, 0.15) is 0 Å². The summed E-state index contributed by atoms with van der Waals surface area (Å²) in [7, 11) is -3.54. The van der Waals surface area contributed by atoms with Crippen LogP contribution in [0.5, 0.6) is 0 Å². The Morgan fingerprint density at radius 2 is 2.04 bits per heavy atom. The van der Waals surface area contributed by atoms with Crippen molar-refractivity contribution in [2.24, 2.45) is 0 Å². The molecule has 1 saturated heterocycles. The van der Waals surface area contributed by atoms with Gasteiger partial charge >= 0.3 is 0 Å². The summed E-state index contributed by atoms with van der Waals surface area (Å²) < 4.78 is 36.4. The fraction of sp³-hybridized carbons (Fsp3) is 0.647. The number of hydrogen-bond donors (Lipinski definition) is 1. The zero-order valence-electron chi connectivity index (χ0n) is 13.6. The molecular formula is C17H26O5S. The second-order valence-corrected chi connectivity index (χ2v) is 8.11. The van der Waals surface area contributed by atoms with Crippen molar-refractivity contribution in [2.45, 2.75) is 61.6 Å². The molecule has 0 aromatic heterocycles. The molecule has 1 aliphatic heterocycles. The minimum absolute atomic E-state index is 0.167. The molecule has 0 radical (unpaired) electrons. The van der Waals surface area contributed by atoms with Gasteiger partial charge in [-0.25, -0.2) is 8.42 Å². The number of sulfone groups is 1. The van der Waals surface area contributed by atoms with E-state index in [-0.39, 0.29) is 11.2 Å². The average molecular weight is 342 g/mol. The summed E-state index contributed by atoms with van der Waals surface area (Å²) >= 11 is 0. The molecule has 6 heteroatoms. The Kier molecular flexibility index (Phi) is 7.02. The van der Waals surface area contributed by atoms with Gasteiger partial charge in [0, 0.05) is 13.2 Å². The van der Waals surface area contributed by atoms with E-state index in [9.17, 15) is 13.5 Å². The van der Waals surface area contributed by atoms with Crippen LogP contribution in [-0.2, 0) is 19.3 Å². The van der Waals surface area contributed by atoms with Gasteiger partial charge in [-0.1, -0.05) is 18.2 Å². The summed E-state index contributed by atoms with van der Waals surface area (Å²) in [6, 6.07) is 8.29. The summed E-state index contributed by atoms with van der Waals surface area (Å²) in [6.45, 7) is 2.69. The molecular weight excluding hydrogens is 316 g/mol. The molecule has 0 amide bonds. The maximum atomic E-state index is 12.6. The Labute approximate surface area is 138 Å². The van der Waals surface area contributed by atoms with E-state index in [0.717, 1.165) is 25.9 Å². The van der Waals surface area contributed by atoms with E-state index >= 15 is 0 Å². The zero-order chi connectivity index (χ0) is 16.7. The molecule has 0 spiro atoms. The lowest BCUT2D eigenvalue weighted by Crippen LogP contribution is -2.33. The second kappa shape index (κ2) is 8.78. The quantitative estimate of drug-likeness (QED) is 0.735. The third-order valence-corrected chi connectivity index (χ3v) is 6.44. The number of aliphatic hydroxyl groups is 1. The normalized spacial score (nSPS) is 21.7. The number of ether oxygens (including phenoxy) is 2. The highest BCUT2D eigenvalue weighted by Gasteiger charge is 2.31. The molecule has 1 fully saturated rings. The molecule has 2 rings (SSSR count). The van der Waals surface area contributed by atoms with Crippen LogP contribution in [0.25, 0.3) is 0 Å². The lowest BCUT2D eigenvalue weighted by Gasteiger charge is -2.24. The molecule has 3 unspecified atom stereocenters. The molecule has 1 aliphatic rings. The smallest absolute Gasteiger partial charge is 0.183 e. The summed E-state index contributed by atoms with van der Waals surface area (Å²) in [4.78, 5) is 0.252. The van der Waals surface area contributed by atoms with Crippen molar-refractivity contribution in [1.29, 1.82) is 0 Å². The van der Waals surface area contributed by atoms with E-state index in [0.29, 0.717) is 19.4 Å². The lowest BCUT2D eigenvalue weighted by molar-refractivity contribution is -0.162. The van der Waals surface area contributed by atoms with Crippen LogP contribution < -0.4 is 0 Å². The summed E-state index contributed by atoms with van der Waals surface area (Å²) in [5.74, 6) is 0. The van der Waals surface area contributed by atoms with Crippen LogP contribution >= 0.6 is 0 Å². The van der Waals surface area contributed by atoms with Crippen LogP contribution in [-0.4, -0.2) is 44.4 Å². The van der Waals surface area contributed by atoms with Crippen molar-refractivity contribution in [1.82, 2.24) is 0 Å². The van der Waals surface area contributed by atoms with Crippen molar-refractivity contribution in [2.75, 3.05) is 13.2 Å². The second-order valence-electron chi connectivity index (χ2n) is 5.95. The Balaban J connectivity index is 1.88. The number of rotatable bonds is 8. The van der Waals surface area contributed by atoms with E-state index in [4.69, 9.17) is 9.47 Å². The van der Waals surface area contributed by atoms with E-state index in [1.54, 1.807) is 30.3 Å². The van der Waals surface area contributed by atoms with E-state index in [1.165, 1.54) is 6.92 Å². The van der Waals surface area contributed by atoms with Crippen LogP contribution in [0.15, 0.2) is 35.2 Å². The predicted octanol–water partition coefficient (Wildman–Crippen LogP) is 2.53. The van der Waals surface area contributed by atoms with Gasteiger partial charge in [-0.15, -0.1) is 0 Å². The minimum atomic E-state index is -3.54. The van der Waals surface area contributed by atoms with Crippen LogP contribution in [0, 0.1) is 0 Å². The summed E-state index contributed by atoms with van der Waals surface area (Å²) in [5.41, 5.74) is 0. The molecule has 1 aromatic rings. The molecule has 130 valence electrons. The average Bonchev–Trinajstić information content (AvgIpc) is 2.56. The first-order chi connectivity index (χ1) is 11.0. The van der Waals surface area contributed by atoms with Crippen LogP contribution in [0.3, 0.4) is 0 Å². The van der Waals surface area contributed by atoms with E-state index in [2.05, 4.69) is 0 Å². The maximum Gasteiger partial charge on any atom is 0.183 e. The SMILES string of the molecule is CC(O)C(CCCOC1CCCCO1)S(=O)(=O)c1ccccc1. The molecule has 0 bridgehead atoms. The highest BCUT2D eigenvalue weighted by molar-refractivity contribution is 7.92. The number of aliphatic hydroxyl groups excluding tert-OH is 1. The van der Waals surface area contributed by atoms with Crippen molar-refractivity contribution in [3.05, 3.63) is 30.3 Å². The molecule has 0 saturated carbocycles. The Morgan fingerprint density at radius 3 is 2.65 bits per heavy atom. The first-order valence-corrected chi connectivity index (χ1v) is 9.76. The van der Waals surface area contributed by atoms with Gasteiger partial charge in [0.05, 0.1) is 16.2 Å². The third kappa shape index (κ3) is 5.28. The molecule has 1 heterocycles. The van der Waals surface area contributed by atoms with Crippen molar-refractivity contribution in [3.63, 3.8) is 0 Å². The van der Waals surface area contributed by atoms with Gasteiger partial charge in [-0.3, -0.25) is 0 Å². The van der Waals surface area contributed by atoms with Gasteiger partial charge in [0.15, 0.2) is 16.1 Å². The van der Waals surface area contributed by atoms with Gasteiger partial charge in [-0.05, 0) is 51.2 Å². The lowest BCUT2D eigenvalue weighted by atomic mass is 10.1. The highest BCUT2D eigenvalue weighted by Crippen LogP contribution is 2.22. The van der Waals surface area contributed by atoms with Gasteiger partial charge < -0.3 is 14.6 Å². The van der Waals surface area contributed by atoms with E-state index < -0.39 is 21.2 Å². The minimum Gasteiger partial charge on any atom is -0.392 e. The van der Waals surface area contributed by atoms with E-state index in [1.807, 2.05) is 0 Å². The largest absolute Gasteiger partial charge is 0.392 e. The number of benzene rings is 1.